The first-order valence-corrected chi connectivity index (χ1v) is 5.16. The number of anilines is 1. The molecule has 0 aliphatic carbocycles. The van der Waals surface area contributed by atoms with E-state index in [2.05, 4.69) is 21.2 Å². The lowest BCUT2D eigenvalue weighted by Gasteiger charge is -2.13. The van der Waals surface area contributed by atoms with Crippen LogP contribution in [-0.2, 0) is 4.79 Å². The normalized spacial score (nSPS) is 11.9. The molecule has 0 bridgehead atoms. The van der Waals surface area contributed by atoms with Crippen molar-refractivity contribution in [2.45, 2.75) is 13.0 Å². The number of aliphatic carboxylic acids is 1. The van der Waals surface area contributed by atoms with Crippen molar-refractivity contribution in [3.8, 4) is 5.75 Å². The molecule has 4 nitrogen and oxygen atoms in total. The first kappa shape index (κ1) is 11.8. The van der Waals surface area contributed by atoms with Gasteiger partial charge in [-0.25, -0.2) is 0 Å². The van der Waals surface area contributed by atoms with Crippen LogP contribution < -0.4 is 10.1 Å². The molecule has 1 unspecified atom stereocenters. The van der Waals surface area contributed by atoms with Gasteiger partial charge in [-0.05, 0) is 35.0 Å². The summed E-state index contributed by atoms with van der Waals surface area (Å²) in [6.45, 7) is 1.58. The molecule has 0 aromatic heterocycles. The molecule has 0 saturated carbocycles. The summed E-state index contributed by atoms with van der Waals surface area (Å²) < 4.78 is 5.85. The summed E-state index contributed by atoms with van der Waals surface area (Å²) in [4.78, 5) is 10.7. The van der Waals surface area contributed by atoms with Gasteiger partial charge in [-0.2, -0.15) is 0 Å². The van der Waals surface area contributed by atoms with E-state index in [1.165, 1.54) is 0 Å². The lowest BCUT2D eigenvalue weighted by Crippen LogP contribution is -2.25. The number of carboxylic acids is 1. The third-order valence-corrected chi connectivity index (χ3v) is 2.61. The molecular weight excluding hydrogens is 262 g/mol. The SMILES string of the molecule is COc1ccc(Br)c(NC(C)C(=O)O)c1. The third kappa shape index (κ3) is 3.13. The van der Waals surface area contributed by atoms with Crippen LogP contribution in [-0.4, -0.2) is 24.2 Å². The van der Waals surface area contributed by atoms with E-state index in [0.717, 1.165) is 4.47 Å². The van der Waals surface area contributed by atoms with Crippen molar-refractivity contribution in [2.24, 2.45) is 0 Å². The molecular formula is C10H12BrNO3. The molecule has 1 atom stereocenters. The highest BCUT2D eigenvalue weighted by atomic mass is 79.9. The van der Waals surface area contributed by atoms with E-state index >= 15 is 0 Å². The Labute approximate surface area is 96.4 Å². The molecule has 82 valence electrons. The van der Waals surface area contributed by atoms with E-state index < -0.39 is 12.0 Å². The first-order valence-electron chi connectivity index (χ1n) is 4.37. The van der Waals surface area contributed by atoms with Gasteiger partial charge >= 0.3 is 5.97 Å². The van der Waals surface area contributed by atoms with Crippen molar-refractivity contribution in [1.82, 2.24) is 0 Å². The molecule has 0 saturated heterocycles. The summed E-state index contributed by atoms with van der Waals surface area (Å²) >= 11 is 3.33. The number of rotatable bonds is 4. The van der Waals surface area contributed by atoms with Crippen molar-refractivity contribution >= 4 is 27.6 Å². The third-order valence-electron chi connectivity index (χ3n) is 1.92. The van der Waals surface area contributed by atoms with Gasteiger partial charge in [0.05, 0.1) is 12.8 Å². The zero-order valence-corrected chi connectivity index (χ0v) is 10.0. The fourth-order valence-electron chi connectivity index (χ4n) is 1.04. The van der Waals surface area contributed by atoms with Crippen molar-refractivity contribution in [2.75, 3.05) is 12.4 Å². The van der Waals surface area contributed by atoms with Crippen LogP contribution in [0.2, 0.25) is 0 Å². The van der Waals surface area contributed by atoms with Gasteiger partial charge in [0.25, 0.3) is 0 Å². The van der Waals surface area contributed by atoms with Gasteiger partial charge in [0.2, 0.25) is 0 Å². The van der Waals surface area contributed by atoms with Crippen LogP contribution in [0.1, 0.15) is 6.92 Å². The molecule has 1 aromatic carbocycles. The maximum Gasteiger partial charge on any atom is 0.325 e. The Morgan fingerprint density at radius 3 is 2.80 bits per heavy atom. The van der Waals surface area contributed by atoms with Gasteiger partial charge in [0.1, 0.15) is 11.8 Å². The standard InChI is InChI=1S/C10H12BrNO3/c1-6(10(13)14)12-9-5-7(15-2)3-4-8(9)11/h3-6,12H,1-2H3,(H,13,14). The summed E-state index contributed by atoms with van der Waals surface area (Å²) in [6.07, 6.45) is 0. The minimum Gasteiger partial charge on any atom is -0.497 e. The van der Waals surface area contributed by atoms with Gasteiger partial charge < -0.3 is 15.2 Å². The highest BCUT2D eigenvalue weighted by molar-refractivity contribution is 9.10. The zero-order valence-electron chi connectivity index (χ0n) is 8.45. The van der Waals surface area contributed by atoms with E-state index in [4.69, 9.17) is 9.84 Å². The number of methoxy groups -OCH3 is 1. The fourth-order valence-corrected chi connectivity index (χ4v) is 1.40. The number of hydrogen-bond acceptors (Lipinski definition) is 3. The number of ether oxygens (including phenoxy) is 1. The van der Waals surface area contributed by atoms with Crippen LogP contribution in [0.4, 0.5) is 5.69 Å². The van der Waals surface area contributed by atoms with E-state index in [0.29, 0.717) is 11.4 Å². The summed E-state index contributed by atoms with van der Waals surface area (Å²) in [7, 11) is 1.56. The number of carboxylic acid groups (broad SMARTS) is 1. The molecule has 0 aliphatic heterocycles. The van der Waals surface area contributed by atoms with Crippen molar-refractivity contribution < 1.29 is 14.6 Å². The smallest absolute Gasteiger partial charge is 0.325 e. The summed E-state index contributed by atoms with van der Waals surface area (Å²) in [5.74, 6) is -0.219. The molecule has 0 heterocycles. The maximum atomic E-state index is 10.7. The number of nitrogens with one attached hydrogen (secondary N) is 1. The van der Waals surface area contributed by atoms with Crippen LogP contribution in [0.3, 0.4) is 0 Å². The molecule has 0 fully saturated rings. The van der Waals surface area contributed by atoms with Gasteiger partial charge in [-0.15, -0.1) is 0 Å². The minimum atomic E-state index is -0.898. The predicted molar refractivity (Wildman–Crippen MR) is 61.4 cm³/mol. The molecule has 0 amide bonds. The monoisotopic (exact) mass is 273 g/mol. The van der Waals surface area contributed by atoms with Crippen molar-refractivity contribution in [3.63, 3.8) is 0 Å². The number of halogens is 1. The van der Waals surface area contributed by atoms with Crippen LogP contribution in [0.5, 0.6) is 5.75 Å². The predicted octanol–water partition coefficient (Wildman–Crippen LogP) is 2.34. The van der Waals surface area contributed by atoms with Gasteiger partial charge in [-0.1, -0.05) is 0 Å². The van der Waals surface area contributed by atoms with Gasteiger partial charge in [0, 0.05) is 10.5 Å². The Kier molecular flexibility index (Phi) is 3.96. The topological polar surface area (TPSA) is 58.6 Å². The zero-order chi connectivity index (χ0) is 11.4. The highest BCUT2D eigenvalue weighted by Crippen LogP contribution is 2.27. The first-order chi connectivity index (χ1) is 7.04. The fraction of sp³-hybridized carbons (Fsp3) is 0.300. The second kappa shape index (κ2) is 5.02. The minimum absolute atomic E-state index is 0.645. The van der Waals surface area contributed by atoms with E-state index in [1.54, 1.807) is 32.2 Å². The number of carbonyl (C=O) groups is 1. The van der Waals surface area contributed by atoms with Crippen LogP contribution in [0, 0.1) is 0 Å². The Morgan fingerprint density at radius 1 is 1.60 bits per heavy atom. The molecule has 0 spiro atoms. The quantitative estimate of drug-likeness (QED) is 0.884. The lowest BCUT2D eigenvalue weighted by molar-refractivity contribution is -0.137. The summed E-state index contributed by atoms with van der Waals surface area (Å²) in [5, 5.41) is 11.6. The average Bonchev–Trinajstić information content (AvgIpc) is 2.21. The second-order valence-electron chi connectivity index (χ2n) is 3.05. The van der Waals surface area contributed by atoms with Crippen LogP contribution in [0.25, 0.3) is 0 Å². The highest BCUT2D eigenvalue weighted by Gasteiger charge is 2.12. The Bertz CT molecular complexity index is 368. The molecule has 0 radical (unpaired) electrons. The molecule has 1 aromatic rings. The molecule has 2 N–H and O–H groups in total. The molecule has 5 heteroatoms. The van der Waals surface area contributed by atoms with E-state index in [-0.39, 0.29) is 0 Å². The molecule has 1 rings (SSSR count). The molecule has 0 aliphatic rings. The van der Waals surface area contributed by atoms with Crippen molar-refractivity contribution in [1.29, 1.82) is 0 Å². The van der Waals surface area contributed by atoms with Gasteiger partial charge in [0.15, 0.2) is 0 Å². The largest absolute Gasteiger partial charge is 0.497 e. The Hall–Kier alpha value is -1.23. The van der Waals surface area contributed by atoms with Crippen molar-refractivity contribution in [3.05, 3.63) is 22.7 Å². The number of hydrogen-bond donors (Lipinski definition) is 2. The van der Waals surface area contributed by atoms with Crippen LogP contribution in [0.15, 0.2) is 22.7 Å². The van der Waals surface area contributed by atoms with E-state index in [9.17, 15) is 4.79 Å². The second-order valence-corrected chi connectivity index (χ2v) is 3.90. The van der Waals surface area contributed by atoms with Crippen LogP contribution >= 0.6 is 15.9 Å². The summed E-state index contributed by atoms with van der Waals surface area (Å²) in [5.41, 5.74) is 0.698. The Balaban J connectivity index is 2.88. The lowest BCUT2D eigenvalue weighted by atomic mass is 10.2. The van der Waals surface area contributed by atoms with E-state index in [1.807, 2.05) is 0 Å². The number of benzene rings is 1. The summed E-state index contributed by atoms with van der Waals surface area (Å²) in [6, 6.07) is 4.69. The Morgan fingerprint density at radius 2 is 2.27 bits per heavy atom. The van der Waals surface area contributed by atoms with Gasteiger partial charge in [-0.3, -0.25) is 4.79 Å². The maximum absolute atomic E-state index is 10.7. The average molecular weight is 274 g/mol. The molecule has 15 heavy (non-hydrogen) atoms.